The van der Waals surface area contributed by atoms with Crippen molar-refractivity contribution in [2.45, 2.75) is 25.9 Å². The van der Waals surface area contributed by atoms with Gasteiger partial charge in [-0.1, -0.05) is 18.2 Å². The van der Waals surface area contributed by atoms with Crippen LogP contribution in [0, 0.1) is 0 Å². The fourth-order valence-electron chi connectivity index (χ4n) is 2.75. The zero-order valence-corrected chi connectivity index (χ0v) is 17.3. The van der Waals surface area contributed by atoms with Crippen molar-refractivity contribution in [2.75, 3.05) is 24.3 Å². The fraction of sp³-hybridized carbons (Fsp3) is 0.350. The van der Waals surface area contributed by atoms with Crippen LogP contribution in [0.3, 0.4) is 0 Å². The topological polar surface area (TPSA) is 84.9 Å². The summed E-state index contributed by atoms with van der Waals surface area (Å²) in [5.74, 6) is 0.837. The van der Waals surface area contributed by atoms with Crippen molar-refractivity contribution in [2.24, 2.45) is 0 Å². The number of rotatable bonds is 9. The minimum atomic E-state index is -3.68. The van der Waals surface area contributed by atoms with Gasteiger partial charge < -0.3 is 14.8 Å². The Bertz CT molecular complexity index is 869. The molecular weight excluding hydrogens is 380 g/mol. The Morgan fingerprint density at radius 3 is 2.14 bits per heavy atom. The van der Waals surface area contributed by atoms with Crippen molar-refractivity contribution in [3.05, 3.63) is 54.6 Å². The standard InChI is InChI=1S/C20H26N2O5S/c1-15(14-26-3)21-20(23)16(2)22(28(4,24)25)17-10-12-19(13-11-17)27-18-8-6-5-7-9-18/h5-13,15-16H,14H2,1-4H3,(H,21,23)/t15-,16+/m1/s1. The summed E-state index contributed by atoms with van der Waals surface area (Å²) in [4.78, 5) is 12.5. The zero-order valence-electron chi connectivity index (χ0n) is 16.5. The van der Waals surface area contributed by atoms with E-state index >= 15 is 0 Å². The number of amides is 1. The van der Waals surface area contributed by atoms with E-state index in [9.17, 15) is 13.2 Å². The molecule has 152 valence electrons. The van der Waals surface area contributed by atoms with Gasteiger partial charge in [-0.15, -0.1) is 0 Å². The SMILES string of the molecule is COC[C@@H](C)NC(=O)[C@H](C)N(c1ccc(Oc2ccccc2)cc1)S(C)(=O)=O. The van der Waals surface area contributed by atoms with Gasteiger partial charge in [0.05, 0.1) is 18.6 Å². The molecule has 0 spiro atoms. The lowest BCUT2D eigenvalue weighted by atomic mass is 10.2. The molecule has 0 radical (unpaired) electrons. The van der Waals surface area contributed by atoms with E-state index < -0.39 is 22.0 Å². The van der Waals surface area contributed by atoms with Gasteiger partial charge in [0.1, 0.15) is 17.5 Å². The summed E-state index contributed by atoms with van der Waals surface area (Å²) in [5.41, 5.74) is 0.380. The maximum Gasteiger partial charge on any atom is 0.243 e. The van der Waals surface area contributed by atoms with Gasteiger partial charge in [-0.3, -0.25) is 9.10 Å². The number of nitrogens with one attached hydrogen (secondary N) is 1. The van der Waals surface area contributed by atoms with Gasteiger partial charge in [-0.2, -0.15) is 0 Å². The predicted molar refractivity (Wildman–Crippen MR) is 109 cm³/mol. The summed E-state index contributed by atoms with van der Waals surface area (Å²) < 4.78 is 36.5. The first kappa shape index (κ1) is 21.7. The lowest BCUT2D eigenvalue weighted by molar-refractivity contribution is -0.122. The van der Waals surface area contributed by atoms with Crippen molar-refractivity contribution in [1.82, 2.24) is 5.32 Å². The molecular formula is C20H26N2O5S. The van der Waals surface area contributed by atoms with Crippen LogP contribution in [-0.2, 0) is 19.6 Å². The molecule has 0 heterocycles. The van der Waals surface area contributed by atoms with E-state index in [0.29, 0.717) is 23.8 Å². The Balaban J connectivity index is 2.20. The highest BCUT2D eigenvalue weighted by atomic mass is 32.2. The van der Waals surface area contributed by atoms with Gasteiger partial charge in [0.15, 0.2) is 0 Å². The number of methoxy groups -OCH3 is 1. The molecule has 0 saturated heterocycles. The van der Waals surface area contributed by atoms with E-state index in [-0.39, 0.29) is 6.04 Å². The molecule has 7 nitrogen and oxygen atoms in total. The number of carbonyl (C=O) groups is 1. The number of ether oxygens (including phenoxy) is 2. The van der Waals surface area contributed by atoms with E-state index in [0.717, 1.165) is 10.6 Å². The van der Waals surface area contributed by atoms with Crippen LogP contribution in [0.2, 0.25) is 0 Å². The molecule has 0 aromatic heterocycles. The molecule has 0 unspecified atom stereocenters. The highest BCUT2D eigenvalue weighted by molar-refractivity contribution is 7.92. The largest absolute Gasteiger partial charge is 0.457 e. The average Bonchev–Trinajstić information content (AvgIpc) is 2.63. The Hall–Kier alpha value is -2.58. The quantitative estimate of drug-likeness (QED) is 0.692. The highest BCUT2D eigenvalue weighted by Gasteiger charge is 2.29. The molecule has 0 fully saturated rings. The van der Waals surface area contributed by atoms with Crippen LogP contribution >= 0.6 is 0 Å². The van der Waals surface area contributed by atoms with E-state index in [1.165, 1.54) is 7.11 Å². The third-order valence-electron chi connectivity index (χ3n) is 3.96. The summed E-state index contributed by atoms with van der Waals surface area (Å²) in [7, 11) is -2.15. The summed E-state index contributed by atoms with van der Waals surface area (Å²) in [6, 6.07) is 14.7. The Kier molecular flexibility index (Phi) is 7.42. The van der Waals surface area contributed by atoms with Gasteiger partial charge in [0.25, 0.3) is 0 Å². The minimum Gasteiger partial charge on any atom is -0.457 e. The number of sulfonamides is 1. The van der Waals surface area contributed by atoms with Crippen LogP contribution in [-0.4, -0.2) is 46.4 Å². The summed E-state index contributed by atoms with van der Waals surface area (Å²) in [5, 5.41) is 2.75. The maximum atomic E-state index is 12.5. The van der Waals surface area contributed by atoms with E-state index in [1.807, 2.05) is 30.3 Å². The molecule has 1 amide bonds. The van der Waals surface area contributed by atoms with Crippen molar-refractivity contribution >= 4 is 21.6 Å². The minimum absolute atomic E-state index is 0.233. The van der Waals surface area contributed by atoms with Gasteiger partial charge in [-0.25, -0.2) is 8.42 Å². The van der Waals surface area contributed by atoms with Gasteiger partial charge >= 0.3 is 0 Å². The Morgan fingerprint density at radius 2 is 1.61 bits per heavy atom. The second kappa shape index (κ2) is 9.57. The number of carbonyl (C=O) groups excluding carboxylic acids is 1. The van der Waals surface area contributed by atoms with Crippen LogP contribution < -0.4 is 14.4 Å². The van der Waals surface area contributed by atoms with Crippen molar-refractivity contribution in [3.8, 4) is 11.5 Å². The Labute approximate surface area is 166 Å². The van der Waals surface area contributed by atoms with Crippen LogP contribution in [0.1, 0.15) is 13.8 Å². The van der Waals surface area contributed by atoms with E-state index in [2.05, 4.69) is 5.32 Å². The predicted octanol–water partition coefficient (Wildman–Crippen LogP) is 2.78. The Morgan fingerprint density at radius 1 is 1.04 bits per heavy atom. The van der Waals surface area contributed by atoms with Crippen LogP contribution in [0.5, 0.6) is 11.5 Å². The fourth-order valence-corrected chi connectivity index (χ4v) is 3.92. The molecule has 0 bridgehead atoms. The average molecular weight is 407 g/mol. The number of nitrogens with zero attached hydrogens (tertiary/aromatic N) is 1. The molecule has 8 heteroatoms. The molecule has 0 aliphatic heterocycles. The van der Waals surface area contributed by atoms with Gasteiger partial charge in [0, 0.05) is 13.2 Å². The number of benzene rings is 2. The number of para-hydroxylation sites is 1. The van der Waals surface area contributed by atoms with Crippen LogP contribution in [0.25, 0.3) is 0 Å². The first-order chi connectivity index (χ1) is 13.2. The first-order valence-electron chi connectivity index (χ1n) is 8.84. The second-order valence-corrected chi connectivity index (χ2v) is 8.37. The molecule has 2 aromatic rings. The van der Waals surface area contributed by atoms with Gasteiger partial charge in [-0.05, 0) is 50.2 Å². The molecule has 2 aromatic carbocycles. The maximum absolute atomic E-state index is 12.5. The van der Waals surface area contributed by atoms with E-state index in [1.54, 1.807) is 38.1 Å². The summed E-state index contributed by atoms with van der Waals surface area (Å²) in [6.07, 6.45) is 1.07. The van der Waals surface area contributed by atoms with Crippen LogP contribution in [0.4, 0.5) is 5.69 Å². The third-order valence-corrected chi connectivity index (χ3v) is 5.21. The van der Waals surface area contributed by atoms with Gasteiger partial charge in [0.2, 0.25) is 15.9 Å². The van der Waals surface area contributed by atoms with Crippen molar-refractivity contribution in [1.29, 1.82) is 0 Å². The normalized spacial score (nSPS) is 13.4. The first-order valence-corrected chi connectivity index (χ1v) is 10.7. The number of anilines is 1. The monoisotopic (exact) mass is 406 g/mol. The summed E-state index contributed by atoms with van der Waals surface area (Å²) >= 11 is 0. The number of hydrogen-bond donors (Lipinski definition) is 1. The molecule has 2 rings (SSSR count). The molecule has 2 atom stereocenters. The van der Waals surface area contributed by atoms with Crippen molar-refractivity contribution < 1.29 is 22.7 Å². The molecule has 0 aliphatic carbocycles. The summed E-state index contributed by atoms with van der Waals surface area (Å²) in [6.45, 7) is 3.67. The smallest absolute Gasteiger partial charge is 0.243 e. The molecule has 1 N–H and O–H groups in total. The lowest BCUT2D eigenvalue weighted by Crippen LogP contribution is -2.50. The van der Waals surface area contributed by atoms with Crippen molar-refractivity contribution in [3.63, 3.8) is 0 Å². The highest BCUT2D eigenvalue weighted by Crippen LogP contribution is 2.26. The molecule has 28 heavy (non-hydrogen) atoms. The second-order valence-electron chi connectivity index (χ2n) is 6.51. The lowest BCUT2D eigenvalue weighted by Gasteiger charge is -2.29. The van der Waals surface area contributed by atoms with Crippen LogP contribution in [0.15, 0.2) is 54.6 Å². The van der Waals surface area contributed by atoms with E-state index in [4.69, 9.17) is 9.47 Å². The number of hydrogen-bond acceptors (Lipinski definition) is 5. The molecule has 0 saturated carbocycles. The zero-order chi connectivity index (χ0) is 20.7. The molecule has 0 aliphatic rings. The third kappa shape index (κ3) is 5.97.